The van der Waals surface area contributed by atoms with E-state index >= 15 is 0 Å². The molecule has 4 rings (SSSR count). The number of ether oxygens (including phenoxy) is 19. The molecule has 0 aromatic rings. The minimum atomic E-state index is -2.28. The van der Waals surface area contributed by atoms with Crippen LogP contribution in [-0.2, 0) is 148 Å². The van der Waals surface area contributed by atoms with Crippen LogP contribution in [0.4, 0.5) is 0 Å². The smallest absolute Gasteiger partial charge is 0.303 e. The summed E-state index contributed by atoms with van der Waals surface area (Å²) in [4.78, 5) is 152. The maximum absolute atomic E-state index is 13.3. The molecule has 32 nitrogen and oxygen atoms in total. The average molecular weight is 1140 g/mol. The molecule has 79 heavy (non-hydrogen) atoms. The van der Waals surface area contributed by atoms with Gasteiger partial charge in [0.1, 0.15) is 56.4 Å². The van der Waals surface area contributed by atoms with E-state index in [4.69, 9.17) is 90.0 Å². The van der Waals surface area contributed by atoms with Gasteiger partial charge >= 0.3 is 71.6 Å². The fourth-order valence-corrected chi connectivity index (χ4v) is 8.58. The van der Waals surface area contributed by atoms with Crippen molar-refractivity contribution < 1.29 is 153 Å². The third-order valence-electron chi connectivity index (χ3n) is 11.1. The van der Waals surface area contributed by atoms with E-state index in [1.807, 2.05) is 0 Å². The van der Waals surface area contributed by atoms with Crippen LogP contribution in [0.2, 0.25) is 0 Å². The van der Waals surface area contributed by atoms with Crippen LogP contribution in [0.1, 0.15) is 83.1 Å². The number of aliphatic hydroxyl groups excluding tert-OH is 1. The van der Waals surface area contributed by atoms with Gasteiger partial charge in [-0.2, -0.15) is 0 Å². The van der Waals surface area contributed by atoms with Gasteiger partial charge in [-0.15, -0.1) is 0 Å². The molecule has 0 saturated carbocycles. The van der Waals surface area contributed by atoms with Crippen molar-refractivity contribution in [3.63, 3.8) is 0 Å². The molecule has 4 aliphatic rings. The Hall–Kier alpha value is -6.68. The van der Waals surface area contributed by atoms with Crippen LogP contribution in [0.3, 0.4) is 0 Å². The summed E-state index contributed by atoms with van der Waals surface area (Å²) in [5.74, 6) is -12.2. The lowest BCUT2D eigenvalue weighted by Gasteiger charge is -2.51. The summed E-state index contributed by atoms with van der Waals surface area (Å²) >= 11 is 0. The lowest BCUT2D eigenvalue weighted by Crippen LogP contribution is -2.70. The highest BCUT2D eigenvalue weighted by molar-refractivity contribution is 5.71. The summed E-state index contributed by atoms with van der Waals surface area (Å²) in [6.07, 6.45) is -37.2. The topological polar surface area (TPSA) is 400 Å². The Morgan fingerprint density at radius 2 is 0.620 bits per heavy atom. The van der Waals surface area contributed by atoms with Gasteiger partial charge in [0.25, 0.3) is 0 Å². The molecule has 4 fully saturated rings. The summed E-state index contributed by atoms with van der Waals surface area (Å²) < 4.78 is 110. The zero-order valence-corrected chi connectivity index (χ0v) is 44.9. The third kappa shape index (κ3) is 19.3. The van der Waals surface area contributed by atoms with Crippen molar-refractivity contribution in [3.8, 4) is 0 Å². The molecule has 0 amide bonds. The molecule has 1 unspecified atom stereocenters. The SMILES string of the molecule is CC(=O)OC[C@H]1O[C@H](O[C@@H]2[C@H](O[C@@H]3OC[C@@H](OC(C)=O)[C@H](OC(C)=O)[C@H]3OC(C)=O)[C@H](O[C@H]3[C@H](OC(C)=O)[C@@H](OC(C)=O)C(O)O[C@@H]3COC(C)=O)O[C@H](COC(C)=O)[C@H]2OC(C)=O)[C@@H](OC(C)=O)[C@@H](OC(C)=O)[C@@H]1OC(C)=O. The Bertz CT molecular complexity index is 2230. The molecule has 32 heteroatoms. The van der Waals surface area contributed by atoms with Gasteiger partial charge in [-0.1, -0.05) is 0 Å². The van der Waals surface area contributed by atoms with Crippen molar-refractivity contribution in [1.82, 2.24) is 0 Å². The molecule has 0 aliphatic carbocycles. The van der Waals surface area contributed by atoms with Gasteiger partial charge in [0.05, 0.1) is 6.61 Å². The van der Waals surface area contributed by atoms with Crippen LogP contribution < -0.4 is 0 Å². The maximum atomic E-state index is 13.3. The van der Waals surface area contributed by atoms with Crippen molar-refractivity contribution >= 4 is 71.6 Å². The fourth-order valence-electron chi connectivity index (χ4n) is 8.58. The zero-order chi connectivity index (χ0) is 59.2. The number of rotatable bonds is 21. The molecule has 0 bridgehead atoms. The Kier molecular flexibility index (Phi) is 24.2. The summed E-state index contributed by atoms with van der Waals surface area (Å²) in [6, 6.07) is 0. The van der Waals surface area contributed by atoms with Gasteiger partial charge < -0.3 is 95.1 Å². The lowest BCUT2D eigenvalue weighted by atomic mass is 9.94. The van der Waals surface area contributed by atoms with Gasteiger partial charge in [-0.05, 0) is 0 Å². The predicted octanol–water partition coefficient (Wildman–Crippen LogP) is -2.26. The number of esters is 12. The van der Waals surface area contributed by atoms with E-state index in [0.29, 0.717) is 0 Å². The van der Waals surface area contributed by atoms with Crippen molar-refractivity contribution in [1.29, 1.82) is 0 Å². The van der Waals surface area contributed by atoms with Crippen LogP contribution in [0, 0.1) is 0 Å². The zero-order valence-electron chi connectivity index (χ0n) is 44.9. The third-order valence-corrected chi connectivity index (χ3v) is 11.1. The molecule has 19 atom stereocenters. The van der Waals surface area contributed by atoms with E-state index in [-0.39, 0.29) is 0 Å². The summed E-state index contributed by atoms with van der Waals surface area (Å²) in [5.41, 5.74) is 0. The standard InChI is InChI=1S/C47H64O32/c1-17(48)61-13-30-35(37(69-24(8)55)40(44(60)74-30)71-26(10)57)77-47-43(79-45-41(72-27(11)58)36(68-23(7)54)29(16-64-45)65-20(4)51)39(34(67-22(6)53)32(76-47)15-63-19(3)50)78-46-42(73-28(12)59)38(70-25(9)56)33(66-21(5)52)31(75-46)14-62-18(2)49/h29-47,60H,13-16H2,1-12H3/t29-,30-,31-,32-,33-,34-,35-,36+,37+,38+,39+,40-,41-,42+,43+,44?,45+,46-,47+/m1/s1. The summed E-state index contributed by atoms with van der Waals surface area (Å²) in [7, 11) is 0. The molecule has 1 N–H and O–H groups in total. The average Bonchev–Trinajstić information content (AvgIpc) is 3.47. The van der Waals surface area contributed by atoms with Crippen molar-refractivity contribution in [2.75, 3.05) is 26.4 Å². The quantitative estimate of drug-likeness (QED) is 0.0936. The van der Waals surface area contributed by atoms with Crippen molar-refractivity contribution in [2.45, 2.75) is 200 Å². The highest BCUT2D eigenvalue weighted by Gasteiger charge is 2.61. The van der Waals surface area contributed by atoms with E-state index in [2.05, 4.69) is 0 Å². The second kappa shape index (κ2) is 29.5. The monoisotopic (exact) mass is 1140 g/mol. The lowest BCUT2D eigenvalue weighted by molar-refractivity contribution is -0.401. The van der Waals surface area contributed by atoms with Gasteiger partial charge in [0.2, 0.25) is 0 Å². The molecule has 444 valence electrons. The van der Waals surface area contributed by atoms with Gasteiger partial charge in [0.15, 0.2) is 80.1 Å². The number of aliphatic hydroxyl groups is 1. The highest BCUT2D eigenvalue weighted by atomic mass is 16.8. The Balaban J connectivity index is 2.13. The Morgan fingerprint density at radius 3 is 1.04 bits per heavy atom. The number of carbonyl (C=O) groups is 12. The highest BCUT2D eigenvalue weighted by Crippen LogP contribution is 2.40. The molecule has 4 heterocycles. The van der Waals surface area contributed by atoms with Gasteiger partial charge in [-0.25, -0.2) is 0 Å². The molecule has 4 aliphatic heterocycles. The first-order valence-electron chi connectivity index (χ1n) is 24.1. The molecule has 0 radical (unpaired) electrons. The van der Waals surface area contributed by atoms with Gasteiger partial charge in [-0.3, -0.25) is 57.5 Å². The predicted molar refractivity (Wildman–Crippen MR) is 242 cm³/mol. The number of hydrogen-bond acceptors (Lipinski definition) is 32. The number of carbonyl (C=O) groups excluding carboxylic acids is 12. The van der Waals surface area contributed by atoms with Crippen LogP contribution in [-0.4, -0.2) is 220 Å². The summed E-state index contributed by atoms with van der Waals surface area (Å²) in [5, 5.41) is 11.2. The second-order valence-corrected chi connectivity index (χ2v) is 17.8. The normalized spacial score (nSPS) is 33.2. The van der Waals surface area contributed by atoms with E-state index in [1.165, 1.54) is 0 Å². The van der Waals surface area contributed by atoms with Crippen molar-refractivity contribution in [2.24, 2.45) is 0 Å². The van der Waals surface area contributed by atoms with Gasteiger partial charge in [0, 0.05) is 83.1 Å². The molecule has 0 aromatic heterocycles. The molecular formula is C47H64O32. The minimum Gasteiger partial charge on any atom is -0.463 e. The van der Waals surface area contributed by atoms with E-state index < -0.39 is 215 Å². The van der Waals surface area contributed by atoms with Crippen LogP contribution in [0.5, 0.6) is 0 Å². The van der Waals surface area contributed by atoms with E-state index in [9.17, 15) is 62.6 Å². The van der Waals surface area contributed by atoms with E-state index in [0.717, 1.165) is 83.1 Å². The molecular weight excluding hydrogens is 1080 g/mol. The van der Waals surface area contributed by atoms with Crippen LogP contribution in [0.25, 0.3) is 0 Å². The largest absolute Gasteiger partial charge is 0.463 e. The first-order chi connectivity index (χ1) is 36.9. The number of hydrogen-bond donors (Lipinski definition) is 1. The Morgan fingerprint density at radius 1 is 0.316 bits per heavy atom. The minimum absolute atomic E-state index is 0.704. The fraction of sp³-hybridized carbons (Fsp3) is 0.745. The van der Waals surface area contributed by atoms with Crippen LogP contribution in [0.15, 0.2) is 0 Å². The van der Waals surface area contributed by atoms with E-state index in [1.54, 1.807) is 0 Å². The second-order valence-electron chi connectivity index (χ2n) is 17.8. The Labute approximate surface area is 449 Å². The first-order valence-corrected chi connectivity index (χ1v) is 24.1. The maximum Gasteiger partial charge on any atom is 0.303 e. The first kappa shape index (κ1) is 64.8. The molecule has 4 saturated heterocycles. The van der Waals surface area contributed by atoms with Crippen molar-refractivity contribution in [3.05, 3.63) is 0 Å². The molecule has 0 spiro atoms. The van der Waals surface area contributed by atoms with Crippen LogP contribution >= 0.6 is 0 Å². The summed E-state index contributed by atoms with van der Waals surface area (Å²) in [6.45, 7) is 8.23. The molecule has 0 aromatic carbocycles.